The van der Waals surface area contributed by atoms with Crippen LogP contribution < -0.4 is 5.32 Å². The van der Waals surface area contributed by atoms with Crippen molar-refractivity contribution in [1.29, 1.82) is 0 Å². The zero-order chi connectivity index (χ0) is 21.0. The normalized spacial score (nSPS) is 11.6. The molecule has 1 amide bonds. The van der Waals surface area contributed by atoms with Gasteiger partial charge in [-0.2, -0.15) is 0 Å². The third-order valence-electron chi connectivity index (χ3n) is 4.23. The highest BCUT2D eigenvalue weighted by Crippen LogP contribution is 2.24. The molecule has 29 heavy (non-hydrogen) atoms. The Morgan fingerprint density at radius 3 is 2.45 bits per heavy atom. The molecule has 0 radical (unpaired) electrons. The van der Waals surface area contributed by atoms with Gasteiger partial charge in [-0.25, -0.2) is 9.78 Å². The number of thiazole rings is 1. The van der Waals surface area contributed by atoms with Gasteiger partial charge in [0.05, 0.1) is 5.69 Å². The smallest absolute Gasteiger partial charge is 0.358 e. The molecule has 0 bridgehead atoms. The van der Waals surface area contributed by atoms with Gasteiger partial charge in [-0.3, -0.25) is 9.59 Å². The van der Waals surface area contributed by atoms with E-state index in [2.05, 4.69) is 10.3 Å². The van der Waals surface area contributed by atoms with Crippen LogP contribution in [0.4, 0.5) is 5.69 Å². The quantitative estimate of drug-likeness (QED) is 0.479. The number of ether oxygens (including phenoxy) is 1. The molecule has 3 aromatic rings. The summed E-state index contributed by atoms with van der Waals surface area (Å²) in [4.78, 5) is 40.8. The van der Waals surface area contributed by atoms with Crippen molar-refractivity contribution in [3.8, 4) is 10.6 Å². The number of Topliss-reactive ketones (excluding diaryl/α,β-unsaturated/α-hetero) is 1. The number of hydrogen-bond donors (Lipinski definition) is 1. The number of carbonyl (C=O) groups excluding carboxylic acids is 3. The minimum absolute atomic E-state index is 0.148. The van der Waals surface area contributed by atoms with Crippen LogP contribution >= 0.6 is 11.3 Å². The summed E-state index contributed by atoms with van der Waals surface area (Å²) in [6, 6.07) is 14.5. The zero-order valence-corrected chi connectivity index (χ0v) is 17.1. The minimum Gasteiger partial charge on any atom is -0.448 e. The van der Waals surface area contributed by atoms with E-state index in [4.69, 9.17) is 4.74 Å². The maximum Gasteiger partial charge on any atom is 0.358 e. The van der Waals surface area contributed by atoms with E-state index in [0.29, 0.717) is 16.3 Å². The lowest BCUT2D eigenvalue weighted by Crippen LogP contribution is -2.30. The Kier molecular flexibility index (Phi) is 6.19. The van der Waals surface area contributed by atoms with Gasteiger partial charge in [-0.15, -0.1) is 11.3 Å². The molecule has 0 fully saturated rings. The molecular formula is C22H20N2O4S. The Morgan fingerprint density at radius 1 is 1.07 bits per heavy atom. The maximum atomic E-state index is 12.4. The molecule has 1 aromatic heterocycles. The summed E-state index contributed by atoms with van der Waals surface area (Å²) in [5.74, 6) is -1.38. The number of ketones is 1. The number of esters is 1. The van der Waals surface area contributed by atoms with E-state index in [1.54, 1.807) is 29.6 Å². The van der Waals surface area contributed by atoms with Gasteiger partial charge >= 0.3 is 5.97 Å². The molecule has 0 aliphatic carbocycles. The highest BCUT2D eigenvalue weighted by molar-refractivity contribution is 7.13. The first-order valence-electron chi connectivity index (χ1n) is 8.99. The molecule has 7 heteroatoms. The lowest BCUT2D eigenvalue weighted by Gasteiger charge is -2.14. The summed E-state index contributed by atoms with van der Waals surface area (Å²) >= 11 is 1.33. The summed E-state index contributed by atoms with van der Waals surface area (Å²) in [7, 11) is 0. The molecular weight excluding hydrogens is 388 g/mol. The van der Waals surface area contributed by atoms with Crippen molar-refractivity contribution in [3.05, 3.63) is 70.7 Å². The van der Waals surface area contributed by atoms with Crippen molar-refractivity contribution in [3.63, 3.8) is 0 Å². The topological polar surface area (TPSA) is 85.4 Å². The maximum absolute atomic E-state index is 12.4. The van der Waals surface area contributed by atoms with Gasteiger partial charge in [-0.05, 0) is 32.9 Å². The van der Waals surface area contributed by atoms with E-state index >= 15 is 0 Å². The Balaban J connectivity index is 1.65. The van der Waals surface area contributed by atoms with Crippen LogP contribution in [0.15, 0.2) is 53.9 Å². The van der Waals surface area contributed by atoms with Crippen molar-refractivity contribution < 1.29 is 19.1 Å². The van der Waals surface area contributed by atoms with E-state index in [0.717, 1.165) is 11.1 Å². The van der Waals surface area contributed by atoms with Crippen LogP contribution in [0.2, 0.25) is 0 Å². The standard InChI is InChI=1S/C22H20N2O4S/c1-13-8-10-16(11-9-13)21-24-19(12-29-21)22(27)28-15(3)20(26)23-18-7-5-4-6-17(18)14(2)25/h4-12,15H,1-3H3,(H,23,26). The van der Waals surface area contributed by atoms with Crippen LogP contribution in [0.1, 0.15) is 40.3 Å². The molecule has 3 rings (SSSR count). The summed E-state index contributed by atoms with van der Waals surface area (Å²) < 4.78 is 5.25. The second-order valence-corrected chi connectivity index (χ2v) is 7.40. The highest BCUT2D eigenvalue weighted by atomic mass is 32.1. The van der Waals surface area contributed by atoms with Crippen LogP contribution in [0.25, 0.3) is 10.6 Å². The monoisotopic (exact) mass is 408 g/mol. The number of benzene rings is 2. The average Bonchev–Trinajstić information content (AvgIpc) is 3.19. The highest BCUT2D eigenvalue weighted by Gasteiger charge is 2.22. The summed E-state index contributed by atoms with van der Waals surface area (Å²) in [6.45, 7) is 4.88. The van der Waals surface area contributed by atoms with Gasteiger partial charge in [0.15, 0.2) is 17.6 Å². The van der Waals surface area contributed by atoms with Crippen molar-refractivity contribution >= 4 is 34.7 Å². The molecule has 0 aliphatic heterocycles. The molecule has 0 saturated carbocycles. The van der Waals surface area contributed by atoms with Gasteiger partial charge in [0.25, 0.3) is 5.91 Å². The minimum atomic E-state index is -1.05. The lowest BCUT2D eigenvalue weighted by molar-refractivity contribution is -0.123. The molecule has 2 aromatic carbocycles. The third-order valence-corrected chi connectivity index (χ3v) is 5.12. The zero-order valence-electron chi connectivity index (χ0n) is 16.3. The first kappa shape index (κ1) is 20.4. The number of hydrogen-bond acceptors (Lipinski definition) is 6. The average molecular weight is 408 g/mol. The molecule has 1 unspecified atom stereocenters. The predicted octanol–water partition coefficient (Wildman–Crippen LogP) is 4.51. The fourth-order valence-electron chi connectivity index (χ4n) is 2.60. The van der Waals surface area contributed by atoms with Crippen molar-refractivity contribution in [2.45, 2.75) is 26.9 Å². The molecule has 0 spiro atoms. The second-order valence-electron chi connectivity index (χ2n) is 6.54. The van der Waals surface area contributed by atoms with E-state index < -0.39 is 18.0 Å². The SMILES string of the molecule is CC(=O)c1ccccc1NC(=O)C(C)OC(=O)c1csc(-c2ccc(C)cc2)n1. The van der Waals surface area contributed by atoms with Gasteiger partial charge < -0.3 is 10.1 Å². The van der Waals surface area contributed by atoms with Crippen molar-refractivity contribution in [2.75, 3.05) is 5.32 Å². The fourth-order valence-corrected chi connectivity index (χ4v) is 3.40. The molecule has 1 N–H and O–H groups in total. The van der Waals surface area contributed by atoms with Crippen LogP contribution in [0.5, 0.6) is 0 Å². The van der Waals surface area contributed by atoms with Gasteiger partial charge in [-0.1, -0.05) is 42.0 Å². The predicted molar refractivity (Wildman–Crippen MR) is 112 cm³/mol. The lowest BCUT2D eigenvalue weighted by atomic mass is 10.1. The number of nitrogens with zero attached hydrogens (tertiary/aromatic N) is 1. The van der Waals surface area contributed by atoms with Crippen LogP contribution in [0, 0.1) is 6.92 Å². The van der Waals surface area contributed by atoms with E-state index in [1.165, 1.54) is 25.2 Å². The first-order valence-corrected chi connectivity index (χ1v) is 9.87. The number of carbonyl (C=O) groups is 3. The van der Waals surface area contributed by atoms with E-state index in [9.17, 15) is 14.4 Å². The van der Waals surface area contributed by atoms with Crippen LogP contribution in [0.3, 0.4) is 0 Å². The Morgan fingerprint density at radius 2 is 1.76 bits per heavy atom. The number of rotatable bonds is 6. The molecule has 1 heterocycles. The van der Waals surface area contributed by atoms with Gasteiger partial charge in [0, 0.05) is 16.5 Å². The first-order chi connectivity index (χ1) is 13.8. The van der Waals surface area contributed by atoms with E-state index in [-0.39, 0.29) is 11.5 Å². The van der Waals surface area contributed by atoms with Crippen LogP contribution in [-0.2, 0) is 9.53 Å². The van der Waals surface area contributed by atoms with E-state index in [1.807, 2.05) is 31.2 Å². The number of amides is 1. The second kappa shape index (κ2) is 8.79. The Labute approximate surface area is 172 Å². The Hall–Kier alpha value is -3.32. The molecule has 6 nitrogen and oxygen atoms in total. The number of nitrogens with one attached hydrogen (secondary N) is 1. The number of para-hydroxylation sites is 1. The molecule has 148 valence electrons. The van der Waals surface area contributed by atoms with Crippen LogP contribution in [-0.4, -0.2) is 28.7 Å². The third kappa shape index (κ3) is 4.94. The number of anilines is 1. The van der Waals surface area contributed by atoms with Gasteiger partial charge in [0.1, 0.15) is 5.01 Å². The number of aromatic nitrogens is 1. The molecule has 1 atom stereocenters. The van der Waals surface area contributed by atoms with Crippen molar-refractivity contribution in [2.24, 2.45) is 0 Å². The van der Waals surface area contributed by atoms with Gasteiger partial charge in [0.2, 0.25) is 0 Å². The number of aryl methyl sites for hydroxylation is 1. The molecule has 0 saturated heterocycles. The largest absolute Gasteiger partial charge is 0.448 e. The summed E-state index contributed by atoms with van der Waals surface area (Å²) in [5, 5.41) is 4.93. The Bertz CT molecular complexity index is 1060. The fraction of sp³-hybridized carbons (Fsp3) is 0.182. The summed E-state index contributed by atoms with van der Waals surface area (Å²) in [6.07, 6.45) is -1.05. The summed E-state index contributed by atoms with van der Waals surface area (Å²) in [5.41, 5.74) is 2.96. The molecule has 0 aliphatic rings. The van der Waals surface area contributed by atoms with Crippen molar-refractivity contribution in [1.82, 2.24) is 4.98 Å².